The van der Waals surface area contributed by atoms with Gasteiger partial charge in [0.1, 0.15) is 11.4 Å². The largest absolute Gasteiger partial charge is 0.494 e. The van der Waals surface area contributed by atoms with Gasteiger partial charge >= 0.3 is 5.97 Å². The topological polar surface area (TPSA) is 80.9 Å². The Labute approximate surface area is 156 Å². The van der Waals surface area contributed by atoms with E-state index in [1.54, 1.807) is 6.08 Å². The maximum atomic E-state index is 12.8. The van der Waals surface area contributed by atoms with Crippen molar-refractivity contribution in [3.8, 4) is 5.75 Å². The van der Waals surface area contributed by atoms with Crippen LogP contribution in [0.1, 0.15) is 41.0 Å². The molecule has 6 heteroatoms. The van der Waals surface area contributed by atoms with Gasteiger partial charge in [-0.15, -0.1) is 0 Å². The number of fused-ring (bicyclic) bond motifs is 1. The van der Waals surface area contributed by atoms with Crippen molar-refractivity contribution in [2.24, 2.45) is 0 Å². The molecule has 2 aromatic heterocycles. The van der Waals surface area contributed by atoms with Crippen molar-refractivity contribution in [2.75, 3.05) is 6.61 Å². The lowest BCUT2D eigenvalue weighted by atomic mass is 10.1. The van der Waals surface area contributed by atoms with E-state index in [1.807, 2.05) is 44.2 Å². The smallest absolute Gasteiger partial charge is 0.337 e. The zero-order valence-corrected chi connectivity index (χ0v) is 15.2. The zero-order valence-electron chi connectivity index (χ0n) is 15.2. The van der Waals surface area contributed by atoms with E-state index in [0.29, 0.717) is 29.9 Å². The number of aromatic carboxylic acids is 1. The number of nitrogens with zero attached hydrogens (tertiary/aromatic N) is 2. The third kappa shape index (κ3) is 3.89. The van der Waals surface area contributed by atoms with Crippen LogP contribution in [0.2, 0.25) is 0 Å². The summed E-state index contributed by atoms with van der Waals surface area (Å²) in [6, 6.07) is 10.6. The third-order valence-electron chi connectivity index (χ3n) is 4.15. The van der Waals surface area contributed by atoms with Gasteiger partial charge in [0.2, 0.25) is 0 Å². The molecule has 0 saturated carbocycles. The number of rotatable bonds is 6. The van der Waals surface area contributed by atoms with Gasteiger partial charge in [-0.1, -0.05) is 25.1 Å². The minimum absolute atomic E-state index is 0.0458. The Balaban J connectivity index is 2.06. The molecule has 0 fully saturated rings. The second-order valence-electron chi connectivity index (χ2n) is 5.92. The molecule has 0 unspecified atom stereocenters. The molecule has 0 atom stereocenters. The van der Waals surface area contributed by atoms with Crippen LogP contribution in [0, 0.1) is 0 Å². The summed E-state index contributed by atoms with van der Waals surface area (Å²) >= 11 is 0. The van der Waals surface area contributed by atoms with Crippen molar-refractivity contribution in [1.29, 1.82) is 0 Å². The summed E-state index contributed by atoms with van der Waals surface area (Å²) in [6.45, 7) is 4.39. The summed E-state index contributed by atoms with van der Waals surface area (Å²) in [7, 11) is 0. The maximum absolute atomic E-state index is 12.8. The monoisotopic (exact) mass is 364 g/mol. The molecule has 2 heterocycles. The number of hydrogen-bond acceptors (Lipinski definition) is 4. The first-order valence-electron chi connectivity index (χ1n) is 8.73. The molecule has 1 aromatic carbocycles. The molecule has 1 N–H and O–H groups in total. The van der Waals surface area contributed by atoms with Crippen LogP contribution in [-0.4, -0.2) is 27.1 Å². The highest BCUT2D eigenvalue weighted by Crippen LogP contribution is 2.16. The molecule has 6 nitrogen and oxygen atoms in total. The van der Waals surface area contributed by atoms with Crippen molar-refractivity contribution in [3.05, 3.63) is 75.3 Å². The summed E-state index contributed by atoms with van der Waals surface area (Å²) < 4.78 is 6.79. The number of aromatic nitrogens is 2. The highest BCUT2D eigenvalue weighted by Gasteiger charge is 2.11. The average Bonchev–Trinajstić information content (AvgIpc) is 2.67. The molecule has 138 valence electrons. The van der Waals surface area contributed by atoms with Crippen LogP contribution in [0.3, 0.4) is 0 Å². The first kappa shape index (κ1) is 18.4. The number of pyridine rings is 1. The van der Waals surface area contributed by atoms with Crippen LogP contribution in [0.25, 0.3) is 17.8 Å². The van der Waals surface area contributed by atoms with Crippen LogP contribution in [-0.2, 0) is 6.42 Å². The summed E-state index contributed by atoms with van der Waals surface area (Å²) in [4.78, 5) is 28.5. The fourth-order valence-electron chi connectivity index (χ4n) is 2.84. The van der Waals surface area contributed by atoms with Crippen molar-refractivity contribution < 1.29 is 14.6 Å². The molecule has 0 bridgehead atoms. The third-order valence-corrected chi connectivity index (χ3v) is 4.15. The minimum atomic E-state index is -1.08. The second-order valence-corrected chi connectivity index (χ2v) is 5.92. The van der Waals surface area contributed by atoms with Gasteiger partial charge in [0.05, 0.1) is 17.9 Å². The molecule has 0 saturated heterocycles. The Morgan fingerprint density at radius 3 is 2.74 bits per heavy atom. The minimum Gasteiger partial charge on any atom is -0.494 e. The normalized spacial score (nSPS) is 11.2. The van der Waals surface area contributed by atoms with Crippen LogP contribution in [0.4, 0.5) is 0 Å². The fourth-order valence-corrected chi connectivity index (χ4v) is 2.84. The molecule has 3 aromatic rings. The number of carbonyl (C=O) groups is 1. The van der Waals surface area contributed by atoms with Gasteiger partial charge in [-0.25, -0.2) is 9.78 Å². The average molecular weight is 364 g/mol. The number of hydrogen-bond donors (Lipinski definition) is 1. The molecule has 0 radical (unpaired) electrons. The van der Waals surface area contributed by atoms with Crippen molar-refractivity contribution in [3.63, 3.8) is 0 Å². The molecule has 3 rings (SSSR count). The maximum Gasteiger partial charge on any atom is 0.337 e. The van der Waals surface area contributed by atoms with Crippen molar-refractivity contribution in [2.45, 2.75) is 20.3 Å². The molecular weight excluding hydrogens is 344 g/mol. The number of carboxylic acids is 1. The van der Waals surface area contributed by atoms with Crippen molar-refractivity contribution in [1.82, 2.24) is 9.38 Å². The zero-order chi connectivity index (χ0) is 19.4. The quantitative estimate of drug-likeness (QED) is 0.724. The Hall–Kier alpha value is -3.41. The van der Waals surface area contributed by atoms with E-state index in [9.17, 15) is 9.59 Å². The number of ether oxygens (including phenoxy) is 1. The Morgan fingerprint density at radius 1 is 1.22 bits per heavy atom. The molecule has 0 aliphatic carbocycles. The molecule has 0 spiro atoms. The highest BCUT2D eigenvalue weighted by molar-refractivity contribution is 5.87. The van der Waals surface area contributed by atoms with Gasteiger partial charge in [0, 0.05) is 11.8 Å². The van der Waals surface area contributed by atoms with Crippen LogP contribution < -0.4 is 10.3 Å². The van der Waals surface area contributed by atoms with E-state index in [4.69, 9.17) is 9.84 Å². The molecule has 0 aliphatic rings. The van der Waals surface area contributed by atoms with Crippen LogP contribution in [0.15, 0.2) is 47.4 Å². The Morgan fingerprint density at radius 2 is 2.04 bits per heavy atom. The van der Waals surface area contributed by atoms with E-state index in [-0.39, 0.29) is 11.1 Å². The van der Waals surface area contributed by atoms with Gasteiger partial charge in [0.15, 0.2) is 0 Å². The molecule has 0 aliphatic heterocycles. The van der Waals surface area contributed by atoms with E-state index in [2.05, 4.69) is 4.98 Å². The van der Waals surface area contributed by atoms with E-state index < -0.39 is 5.97 Å². The molecule has 27 heavy (non-hydrogen) atoms. The Kier molecular flexibility index (Phi) is 5.35. The Bertz CT molecular complexity index is 1080. The van der Waals surface area contributed by atoms with Gasteiger partial charge in [0.25, 0.3) is 5.56 Å². The highest BCUT2D eigenvalue weighted by atomic mass is 16.5. The summed E-state index contributed by atoms with van der Waals surface area (Å²) in [5.74, 6) is -0.303. The summed E-state index contributed by atoms with van der Waals surface area (Å²) in [6.07, 6.45) is 5.48. The predicted octanol–water partition coefficient (Wildman–Crippen LogP) is 3.52. The predicted molar refractivity (Wildman–Crippen MR) is 104 cm³/mol. The SMILES string of the molecule is CCOc1cccc(C=Cc2nc3ccc(C(=O)O)cn3c(=O)c2CC)c1. The molecular formula is C21H20N2O4. The lowest BCUT2D eigenvalue weighted by molar-refractivity contribution is 0.0696. The first-order chi connectivity index (χ1) is 13.0. The van der Waals surface area contributed by atoms with Gasteiger partial charge in [-0.3, -0.25) is 9.20 Å². The van der Waals surface area contributed by atoms with Gasteiger partial charge < -0.3 is 9.84 Å². The number of carboxylic acid groups (broad SMARTS) is 1. The van der Waals surface area contributed by atoms with E-state index in [1.165, 1.54) is 22.7 Å². The fraction of sp³-hybridized carbons (Fsp3) is 0.190. The van der Waals surface area contributed by atoms with Crippen molar-refractivity contribution >= 4 is 23.8 Å². The lowest BCUT2D eigenvalue weighted by Gasteiger charge is -2.08. The number of benzene rings is 1. The summed E-state index contributed by atoms with van der Waals surface area (Å²) in [5, 5.41) is 9.13. The van der Waals surface area contributed by atoms with Gasteiger partial charge in [-0.05, 0) is 49.2 Å². The summed E-state index contributed by atoms with van der Waals surface area (Å²) in [5.41, 5.74) is 2.24. The van der Waals surface area contributed by atoms with Crippen LogP contribution >= 0.6 is 0 Å². The van der Waals surface area contributed by atoms with Crippen LogP contribution in [0.5, 0.6) is 5.75 Å². The second kappa shape index (κ2) is 7.86. The molecule has 0 amide bonds. The standard InChI is InChI=1S/C21H20N2O4/c1-3-17-18(10-8-14-6-5-7-16(12-14)27-4-2)22-19-11-9-15(21(25)26)13-23(19)20(17)24/h5-13H,3-4H2,1-2H3,(H,25,26). The van der Waals surface area contributed by atoms with E-state index >= 15 is 0 Å². The van der Waals surface area contributed by atoms with Gasteiger partial charge in [-0.2, -0.15) is 0 Å². The first-order valence-corrected chi connectivity index (χ1v) is 8.73. The van der Waals surface area contributed by atoms with E-state index in [0.717, 1.165) is 11.3 Å². The lowest BCUT2D eigenvalue weighted by Crippen LogP contribution is -2.22.